The standard InChI is InChI=1S/C17H12FNO2/c18-14-7-12(10-20)8-15(9-14)21-11-13-5-6-19-17-4-2-1-3-16(13)17/h1-10H,11H2. The first-order valence-electron chi connectivity index (χ1n) is 6.47. The molecular weight excluding hydrogens is 269 g/mol. The molecule has 1 heterocycles. The number of benzene rings is 2. The molecule has 3 nitrogen and oxygen atoms in total. The molecule has 0 saturated carbocycles. The Kier molecular flexibility index (Phi) is 3.60. The lowest BCUT2D eigenvalue weighted by Crippen LogP contribution is -1.98. The van der Waals surface area contributed by atoms with Gasteiger partial charge in [0, 0.05) is 28.8 Å². The number of aromatic nitrogens is 1. The predicted octanol–water partition coefficient (Wildman–Crippen LogP) is 3.77. The van der Waals surface area contributed by atoms with Crippen molar-refractivity contribution in [2.45, 2.75) is 6.61 Å². The van der Waals surface area contributed by atoms with Gasteiger partial charge in [-0.3, -0.25) is 9.78 Å². The van der Waals surface area contributed by atoms with Gasteiger partial charge in [-0.1, -0.05) is 18.2 Å². The van der Waals surface area contributed by atoms with Gasteiger partial charge in [-0.05, 0) is 24.3 Å². The van der Waals surface area contributed by atoms with Crippen molar-refractivity contribution in [3.8, 4) is 5.75 Å². The van der Waals surface area contributed by atoms with E-state index in [4.69, 9.17) is 4.74 Å². The zero-order valence-electron chi connectivity index (χ0n) is 11.1. The quantitative estimate of drug-likeness (QED) is 0.683. The highest BCUT2D eigenvalue weighted by Gasteiger charge is 2.05. The van der Waals surface area contributed by atoms with E-state index in [1.165, 1.54) is 18.2 Å². The highest BCUT2D eigenvalue weighted by atomic mass is 19.1. The van der Waals surface area contributed by atoms with Crippen LogP contribution in [0.3, 0.4) is 0 Å². The normalized spacial score (nSPS) is 10.5. The van der Waals surface area contributed by atoms with E-state index >= 15 is 0 Å². The van der Waals surface area contributed by atoms with Gasteiger partial charge in [-0.25, -0.2) is 4.39 Å². The second-order valence-electron chi connectivity index (χ2n) is 4.61. The van der Waals surface area contributed by atoms with Gasteiger partial charge in [0.05, 0.1) is 5.52 Å². The molecule has 0 unspecified atom stereocenters. The van der Waals surface area contributed by atoms with Crippen LogP contribution in [0.1, 0.15) is 15.9 Å². The van der Waals surface area contributed by atoms with Crippen LogP contribution in [0.5, 0.6) is 5.75 Å². The van der Waals surface area contributed by atoms with E-state index in [1.807, 2.05) is 30.3 Å². The minimum Gasteiger partial charge on any atom is -0.489 e. The predicted molar refractivity (Wildman–Crippen MR) is 77.9 cm³/mol. The van der Waals surface area contributed by atoms with Crippen molar-refractivity contribution in [3.05, 3.63) is 71.7 Å². The maximum atomic E-state index is 13.3. The van der Waals surface area contributed by atoms with Crippen LogP contribution in [0.4, 0.5) is 4.39 Å². The Morgan fingerprint density at radius 3 is 2.86 bits per heavy atom. The van der Waals surface area contributed by atoms with Gasteiger partial charge in [-0.2, -0.15) is 0 Å². The maximum Gasteiger partial charge on any atom is 0.150 e. The molecule has 21 heavy (non-hydrogen) atoms. The number of ether oxygens (including phenoxy) is 1. The third kappa shape index (κ3) is 2.89. The molecule has 104 valence electrons. The topological polar surface area (TPSA) is 39.2 Å². The summed E-state index contributed by atoms with van der Waals surface area (Å²) in [5, 5.41) is 0.993. The number of carbonyl (C=O) groups excluding carboxylic acids is 1. The molecule has 0 aliphatic carbocycles. The van der Waals surface area contributed by atoms with Gasteiger partial charge in [0.15, 0.2) is 0 Å². The minimum absolute atomic E-state index is 0.254. The monoisotopic (exact) mass is 281 g/mol. The maximum absolute atomic E-state index is 13.3. The van der Waals surface area contributed by atoms with Gasteiger partial charge < -0.3 is 4.74 Å². The van der Waals surface area contributed by atoms with Crippen LogP contribution in [0.2, 0.25) is 0 Å². The van der Waals surface area contributed by atoms with Crippen molar-refractivity contribution in [2.24, 2.45) is 0 Å². The molecule has 0 saturated heterocycles. The Morgan fingerprint density at radius 2 is 2.00 bits per heavy atom. The SMILES string of the molecule is O=Cc1cc(F)cc(OCc2ccnc3ccccc23)c1. The third-order valence-corrected chi connectivity index (χ3v) is 3.16. The second kappa shape index (κ2) is 5.71. The number of pyridine rings is 1. The molecule has 3 aromatic rings. The fourth-order valence-electron chi connectivity index (χ4n) is 2.18. The summed E-state index contributed by atoms with van der Waals surface area (Å²) in [6.07, 6.45) is 2.31. The van der Waals surface area contributed by atoms with Gasteiger partial charge in [-0.15, -0.1) is 0 Å². The van der Waals surface area contributed by atoms with Crippen LogP contribution in [0, 0.1) is 5.82 Å². The van der Waals surface area contributed by atoms with Crippen molar-refractivity contribution in [1.82, 2.24) is 4.98 Å². The summed E-state index contributed by atoms with van der Waals surface area (Å²) < 4.78 is 18.9. The molecule has 2 aromatic carbocycles. The zero-order chi connectivity index (χ0) is 14.7. The second-order valence-corrected chi connectivity index (χ2v) is 4.61. The van der Waals surface area contributed by atoms with E-state index in [1.54, 1.807) is 6.20 Å². The Morgan fingerprint density at radius 1 is 1.14 bits per heavy atom. The molecule has 0 atom stereocenters. The zero-order valence-corrected chi connectivity index (χ0v) is 11.1. The first kappa shape index (κ1) is 13.2. The Labute approximate surface area is 121 Å². The molecule has 0 fully saturated rings. The van der Waals surface area contributed by atoms with Gasteiger partial charge in [0.1, 0.15) is 24.5 Å². The van der Waals surface area contributed by atoms with Crippen molar-refractivity contribution in [3.63, 3.8) is 0 Å². The summed E-state index contributed by atoms with van der Waals surface area (Å²) in [5.74, 6) is -0.160. The average Bonchev–Trinajstić information content (AvgIpc) is 2.52. The fraction of sp³-hybridized carbons (Fsp3) is 0.0588. The highest BCUT2D eigenvalue weighted by molar-refractivity contribution is 5.81. The van der Waals surface area contributed by atoms with Gasteiger partial charge in [0.2, 0.25) is 0 Å². The molecule has 0 aliphatic rings. The van der Waals surface area contributed by atoms with Crippen LogP contribution in [0.25, 0.3) is 10.9 Å². The summed E-state index contributed by atoms with van der Waals surface area (Å²) >= 11 is 0. The number of nitrogens with zero attached hydrogens (tertiary/aromatic N) is 1. The lowest BCUT2D eigenvalue weighted by Gasteiger charge is -2.09. The molecule has 0 aliphatic heterocycles. The molecule has 0 bridgehead atoms. The van der Waals surface area contributed by atoms with Gasteiger partial charge >= 0.3 is 0 Å². The van der Waals surface area contributed by atoms with Crippen LogP contribution in [0.15, 0.2) is 54.7 Å². The molecule has 0 radical (unpaired) electrons. The van der Waals surface area contributed by atoms with E-state index in [-0.39, 0.29) is 12.2 Å². The third-order valence-electron chi connectivity index (χ3n) is 3.16. The number of carbonyl (C=O) groups is 1. The number of aldehydes is 1. The summed E-state index contributed by atoms with van der Waals surface area (Å²) in [7, 11) is 0. The van der Waals surface area contributed by atoms with E-state index in [9.17, 15) is 9.18 Å². The number of fused-ring (bicyclic) bond motifs is 1. The molecule has 3 rings (SSSR count). The summed E-state index contributed by atoms with van der Waals surface area (Å²) in [5.41, 5.74) is 2.09. The number of rotatable bonds is 4. The number of hydrogen-bond acceptors (Lipinski definition) is 3. The molecular formula is C17H12FNO2. The van der Waals surface area contributed by atoms with E-state index in [0.717, 1.165) is 16.5 Å². The lowest BCUT2D eigenvalue weighted by atomic mass is 10.1. The molecule has 0 spiro atoms. The summed E-state index contributed by atoms with van der Waals surface area (Å²) in [6, 6.07) is 13.5. The van der Waals surface area contributed by atoms with E-state index < -0.39 is 5.82 Å². The van der Waals surface area contributed by atoms with Gasteiger partial charge in [0.25, 0.3) is 0 Å². The molecule has 0 N–H and O–H groups in total. The van der Waals surface area contributed by atoms with E-state index in [2.05, 4.69) is 4.98 Å². The largest absolute Gasteiger partial charge is 0.489 e. The minimum atomic E-state index is -0.491. The molecule has 0 amide bonds. The first-order chi connectivity index (χ1) is 10.3. The highest BCUT2D eigenvalue weighted by Crippen LogP contribution is 2.20. The van der Waals surface area contributed by atoms with Crippen LogP contribution in [-0.2, 0) is 6.61 Å². The van der Waals surface area contributed by atoms with Crippen LogP contribution < -0.4 is 4.74 Å². The number of hydrogen-bond donors (Lipinski definition) is 0. The van der Waals surface area contributed by atoms with Crippen molar-refractivity contribution < 1.29 is 13.9 Å². The van der Waals surface area contributed by atoms with Crippen molar-refractivity contribution in [2.75, 3.05) is 0 Å². The smallest absolute Gasteiger partial charge is 0.150 e. The Balaban J connectivity index is 1.87. The Hall–Kier alpha value is -2.75. The van der Waals surface area contributed by atoms with Crippen LogP contribution in [-0.4, -0.2) is 11.3 Å². The fourth-order valence-corrected chi connectivity index (χ4v) is 2.18. The number of halogens is 1. The van der Waals surface area contributed by atoms with E-state index in [0.29, 0.717) is 12.0 Å². The number of para-hydroxylation sites is 1. The average molecular weight is 281 g/mol. The molecule has 1 aromatic heterocycles. The van der Waals surface area contributed by atoms with Crippen molar-refractivity contribution in [1.29, 1.82) is 0 Å². The Bertz CT molecular complexity index is 796. The summed E-state index contributed by atoms with van der Waals surface area (Å²) in [4.78, 5) is 15.0. The molecule has 4 heteroatoms. The summed E-state index contributed by atoms with van der Waals surface area (Å²) in [6.45, 7) is 0.283. The first-order valence-corrected chi connectivity index (χ1v) is 6.47. The lowest BCUT2D eigenvalue weighted by molar-refractivity contribution is 0.112. The van der Waals surface area contributed by atoms with Crippen molar-refractivity contribution >= 4 is 17.2 Å². The van der Waals surface area contributed by atoms with Crippen LogP contribution >= 0.6 is 0 Å².